The van der Waals surface area contributed by atoms with E-state index in [1.165, 1.54) is 18.5 Å². The highest BCUT2D eigenvalue weighted by atomic mass is 32.1. The number of nitrogens with one attached hydrogen (secondary N) is 1. The number of rotatable bonds is 3. The molecule has 0 bridgehead atoms. The molecule has 0 saturated heterocycles. The molecule has 2 rings (SSSR count). The van der Waals surface area contributed by atoms with Gasteiger partial charge in [-0.1, -0.05) is 0 Å². The van der Waals surface area contributed by atoms with Crippen molar-refractivity contribution in [2.45, 2.75) is 25.3 Å². The molecule has 72 valence electrons. The molecule has 1 N–H and O–H groups in total. The zero-order valence-corrected chi connectivity index (χ0v) is 8.78. The molecule has 1 aliphatic carbocycles. The van der Waals surface area contributed by atoms with Crippen LogP contribution in [0.1, 0.15) is 18.5 Å². The van der Waals surface area contributed by atoms with Crippen molar-refractivity contribution in [2.75, 3.05) is 13.7 Å². The molecule has 1 fully saturated rings. The molecule has 0 unspecified atom stereocenters. The summed E-state index contributed by atoms with van der Waals surface area (Å²) >= 11 is 5.23. The van der Waals surface area contributed by atoms with E-state index in [0.29, 0.717) is 0 Å². The molecule has 0 aromatic carbocycles. The smallest absolute Gasteiger partial charge is 0.177 e. The molecule has 4 heteroatoms. The minimum atomic E-state index is 0.163. The first-order chi connectivity index (χ1) is 6.19. The van der Waals surface area contributed by atoms with E-state index in [9.17, 15) is 0 Å². The van der Waals surface area contributed by atoms with Crippen LogP contribution >= 0.6 is 12.2 Å². The van der Waals surface area contributed by atoms with Crippen LogP contribution < -0.4 is 0 Å². The lowest BCUT2D eigenvalue weighted by atomic mass is 10.3. The molecule has 13 heavy (non-hydrogen) atoms. The van der Waals surface area contributed by atoms with Gasteiger partial charge in [0.25, 0.3) is 0 Å². The van der Waals surface area contributed by atoms with Gasteiger partial charge in [-0.3, -0.25) is 0 Å². The Hall–Kier alpha value is -0.610. The number of aryl methyl sites for hydroxylation is 1. The molecule has 1 aliphatic rings. The molecule has 1 aromatic rings. The lowest BCUT2D eigenvalue weighted by Crippen LogP contribution is -2.23. The zero-order chi connectivity index (χ0) is 9.47. The maximum atomic E-state index is 5.23. The van der Waals surface area contributed by atoms with Crippen molar-refractivity contribution in [3.05, 3.63) is 16.7 Å². The third-order valence-corrected chi connectivity index (χ3v) is 2.98. The summed E-state index contributed by atoms with van der Waals surface area (Å²) in [6.07, 6.45) is 4.31. The average Bonchev–Trinajstić information content (AvgIpc) is 2.76. The van der Waals surface area contributed by atoms with E-state index < -0.39 is 0 Å². The van der Waals surface area contributed by atoms with Crippen LogP contribution in [0.15, 0.2) is 6.20 Å². The first kappa shape index (κ1) is 8.97. The second kappa shape index (κ2) is 2.96. The standard InChI is InChI=1S/C9H14N2OS/c1-7-5-10-8(13)11(7)9(3-4-9)6-12-2/h5H,3-4,6H2,1-2H3,(H,10,13). The highest BCUT2D eigenvalue weighted by molar-refractivity contribution is 7.71. The Bertz CT molecular complexity index is 362. The van der Waals surface area contributed by atoms with Gasteiger partial charge >= 0.3 is 0 Å². The largest absolute Gasteiger partial charge is 0.382 e. The summed E-state index contributed by atoms with van der Waals surface area (Å²) in [7, 11) is 1.74. The first-order valence-corrected chi connectivity index (χ1v) is 4.87. The molecule has 3 nitrogen and oxygen atoms in total. The molecule has 0 aliphatic heterocycles. The second-order valence-electron chi connectivity index (χ2n) is 3.73. The monoisotopic (exact) mass is 198 g/mol. The summed E-state index contributed by atoms with van der Waals surface area (Å²) in [6, 6.07) is 0. The van der Waals surface area contributed by atoms with Gasteiger partial charge in [-0.2, -0.15) is 0 Å². The Balaban J connectivity index is 2.40. The van der Waals surface area contributed by atoms with Crippen LogP contribution in [0.25, 0.3) is 0 Å². The van der Waals surface area contributed by atoms with Gasteiger partial charge in [0.05, 0.1) is 12.1 Å². The Morgan fingerprint density at radius 3 is 2.77 bits per heavy atom. The van der Waals surface area contributed by atoms with E-state index >= 15 is 0 Å². The normalized spacial score (nSPS) is 18.9. The molecule has 0 radical (unpaired) electrons. The predicted octanol–water partition coefficient (Wildman–Crippen LogP) is 1.99. The van der Waals surface area contributed by atoms with Crippen molar-refractivity contribution in [1.29, 1.82) is 0 Å². The van der Waals surface area contributed by atoms with Gasteiger partial charge in [-0.15, -0.1) is 0 Å². The number of H-pyrrole nitrogens is 1. The minimum Gasteiger partial charge on any atom is -0.382 e. The fourth-order valence-electron chi connectivity index (χ4n) is 1.89. The Labute approximate surface area is 82.7 Å². The van der Waals surface area contributed by atoms with Crippen LogP contribution in [0.2, 0.25) is 0 Å². The Kier molecular flexibility index (Phi) is 2.04. The van der Waals surface area contributed by atoms with E-state index in [4.69, 9.17) is 17.0 Å². The van der Waals surface area contributed by atoms with Crippen LogP contribution in [-0.4, -0.2) is 23.3 Å². The molecule has 1 heterocycles. The van der Waals surface area contributed by atoms with Crippen LogP contribution in [-0.2, 0) is 10.3 Å². The average molecular weight is 198 g/mol. The molecule has 0 spiro atoms. The number of methoxy groups -OCH3 is 1. The van der Waals surface area contributed by atoms with E-state index in [1.807, 2.05) is 6.20 Å². The summed E-state index contributed by atoms with van der Waals surface area (Å²) in [5.41, 5.74) is 1.36. The van der Waals surface area contributed by atoms with Gasteiger partial charge in [-0.05, 0) is 32.0 Å². The number of imidazole rings is 1. The summed E-state index contributed by atoms with van der Waals surface area (Å²) in [5.74, 6) is 0. The SMILES string of the molecule is COCC1(n2c(C)c[nH]c2=S)CC1. The molecule has 1 aromatic heterocycles. The lowest BCUT2D eigenvalue weighted by molar-refractivity contribution is 0.142. The third-order valence-electron chi connectivity index (χ3n) is 2.67. The molecule has 0 amide bonds. The Morgan fingerprint density at radius 2 is 2.38 bits per heavy atom. The van der Waals surface area contributed by atoms with Gasteiger partial charge in [0.15, 0.2) is 4.77 Å². The summed E-state index contributed by atoms with van der Waals surface area (Å²) in [5, 5.41) is 0. The van der Waals surface area contributed by atoms with Crippen molar-refractivity contribution >= 4 is 12.2 Å². The van der Waals surface area contributed by atoms with E-state index in [0.717, 1.165) is 11.4 Å². The molecule has 1 saturated carbocycles. The highest BCUT2D eigenvalue weighted by Gasteiger charge is 2.45. The van der Waals surface area contributed by atoms with E-state index in [2.05, 4.69) is 16.5 Å². The van der Waals surface area contributed by atoms with Gasteiger partial charge in [0, 0.05) is 19.0 Å². The number of aromatic amines is 1. The fourth-order valence-corrected chi connectivity index (χ4v) is 2.29. The van der Waals surface area contributed by atoms with Crippen LogP contribution in [0.3, 0.4) is 0 Å². The molecular formula is C9H14N2OS. The minimum absolute atomic E-state index is 0.163. The topological polar surface area (TPSA) is 29.9 Å². The van der Waals surface area contributed by atoms with Gasteiger partial charge in [0.1, 0.15) is 0 Å². The zero-order valence-electron chi connectivity index (χ0n) is 7.96. The van der Waals surface area contributed by atoms with Crippen molar-refractivity contribution < 1.29 is 4.74 Å². The van der Waals surface area contributed by atoms with Crippen molar-refractivity contribution in [2.24, 2.45) is 0 Å². The van der Waals surface area contributed by atoms with Gasteiger partial charge < -0.3 is 14.3 Å². The van der Waals surface area contributed by atoms with Crippen molar-refractivity contribution in [3.63, 3.8) is 0 Å². The maximum Gasteiger partial charge on any atom is 0.177 e. The quantitative estimate of drug-likeness (QED) is 0.753. The Morgan fingerprint density at radius 1 is 1.69 bits per heavy atom. The highest BCUT2D eigenvalue weighted by Crippen LogP contribution is 2.44. The summed E-state index contributed by atoms with van der Waals surface area (Å²) < 4.78 is 8.22. The summed E-state index contributed by atoms with van der Waals surface area (Å²) in [4.78, 5) is 3.06. The molecule has 0 atom stereocenters. The number of hydrogen-bond acceptors (Lipinski definition) is 2. The fraction of sp³-hybridized carbons (Fsp3) is 0.667. The second-order valence-corrected chi connectivity index (χ2v) is 4.11. The van der Waals surface area contributed by atoms with Crippen molar-refractivity contribution in [1.82, 2.24) is 9.55 Å². The van der Waals surface area contributed by atoms with E-state index in [-0.39, 0.29) is 5.54 Å². The number of aromatic nitrogens is 2. The van der Waals surface area contributed by atoms with Crippen LogP contribution in [0.4, 0.5) is 0 Å². The first-order valence-electron chi connectivity index (χ1n) is 4.46. The van der Waals surface area contributed by atoms with Crippen molar-refractivity contribution in [3.8, 4) is 0 Å². The van der Waals surface area contributed by atoms with Crippen LogP contribution in [0, 0.1) is 11.7 Å². The van der Waals surface area contributed by atoms with Gasteiger partial charge in [0.2, 0.25) is 0 Å². The van der Waals surface area contributed by atoms with E-state index in [1.54, 1.807) is 7.11 Å². The predicted molar refractivity (Wildman–Crippen MR) is 53.4 cm³/mol. The molecular weight excluding hydrogens is 184 g/mol. The number of ether oxygens (including phenoxy) is 1. The maximum absolute atomic E-state index is 5.23. The van der Waals surface area contributed by atoms with Crippen LogP contribution in [0.5, 0.6) is 0 Å². The van der Waals surface area contributed by atoms with Gasteiger partial charge in [-0.25, -0.2) is 0 Å². The number of hydrogen-bond donors (Lipinski definition) is 1. The number of nitrogens with zero attached hydrogens (tertiary/aromatic N) is 1. The summed E-state index contributed by atoms with van der Waals surface area (Å²) in [6.45, 7) is 2.84. The third kappa shape index (κ3) is 1.34. The lowest BCUT2D eigenvalue weighted by Gasteiger charge is -2.17.